The Balaban J connectivity index is 1.03. The minimum Gasteiger partial charge on any atom is -0.292 e. The maximum absolute atomic E-state index is 5.40. The molecule has 3 aliphatic rings. The lowest BCUT2D eigenvalue weighted by Gasteiger charge is -2.48. The zero-order chi connectivity index (χ0) is 44.6. The number of nitrogens with one attached hydrogen (secondary N) is 1. The van der Waals surface area contributed by atoms with Gasteiger partial charge in [0, 0.05) is 11.3 Å². The van der Waals surface area contributed by atoms with Crippen LogP contribution in [-0.4, -0.2) is 14.5 Å². The van der Waals surface area contributed by atoms with Crippen LogP contribution in [0.5, 0.6) is 0 Å². The summed E-state index contributed by atoms with van der Waals surface area (Å²) in [5.74, 6) is 1.98. The molecule has 15 rings (SSSR count). The second kappa shape index (κ2) is 13.8. The van der Waals surface area contributed by atoms with Gasteiger partial charge in [-0.15, -0.1) is 0 Å². The highest BCUT2D eigenvalue weighted by Gasteiger charge is 2.59. The number of para-hydroxylation sites is 6. The molecule has 2 heterocycles. The van der Waals surface area contributed by atoms with Crippen molar-refractivity contribution in [3.8, 4) is 56.4 Å². The van der Waals surface area contributed by atoms with Gasteiger partial charge in [-0.3, -0.25) is 4.57 Å². The summed E-state index contributed by atoms with van der Waals surface area (Å²) in [5.41, 5.74) is 22.9. The molecule has 0 saturated carbocycles. The van der Waals surface area contributed by atoms with Gasteiger partial charge in [0.05, 0.1) is 27.4 Å². The first kappa shape index (κ1) is 37.4. The molecule has 2 aromatic heterocycles. The van der Waals surface area contributed by atoms with Crippen molar-refractivity contribution in [3.05, 3.63) is 287 Å². The number of hydrogen-bond acceptors (Lipinski definition) is 1. The predicted octanol–water partition coefficient (Wildman–Crippen LogP) is 14.2. The van der Waals surface area contributed by atoms with E-state index >= 15 is 0 Å². The topological polar surface area (TPSA) is 37.5 Å². The molecule has 4 heteroatoms. The van der Waals surface area contributed by atoms with Crippen LogP contribution in [0.25, 0.3) is 78.5 Å². The van der Waals surface area contributed by atoms with Crippen molar-refractivity contribution >= 4 is 22.1 Å². The van der Waals surface area contributed by atoms with Gasteiger partial charge in [-0.1, -0.05) is 176 Å². The fourth-order valence-corrected chi connectivity index (χ4v) is 12.8. The van der Waals surface area contributed by atoms with Crippen LogP contribution in [0.3, 0.4) is 0 Å². The Morgan fingerprint density at radius 2 is 0.853 bits per heavy atom. The average molecular weight is 866 g/mol. The smallest absolute Gasteiger partial charge is 0.292 e. The predicted molar refractivity (Wildman–Crippen MR) is 273 cm³/mol. The van der Waals surface area contributed by atoms with Gasteiger partial charge in [0.25, 0.3) is 5.82 Å². The van der Waals surface area contributed by atoms with Crippen LogP contribution in [0.2, 0.25) is 0 Å². The van der Waals surface area contributed by atoms with Crippen molar-refractivity contribution in [3.63, 3.8) is 0 Å². The first-order chi connectivity index (χ1) is 33.7. The summed E-state index contributed by atoms with van der Waals surface area (Å²) in [4.78, 5) is 9.28. The van der Waals surface area contributed by atoms with Crippen LogP contribution in [-0.2, 0) is 10.8 Å². The number of fused-ring (bicyclic) bond motifs is 18. The van der Waals surface area contributed by atoms with E-state index in [0.717, 1.165) is 56.2 Å². The SMILES string of the molecule is c1ccc(-n2c(-c3ccc4c(c3)C3(c5ccccc5-4)c4ccccc4C4(c5ccccc5-c5ccc(-c6[nH]c7ccccc7[n+]6-c6ccccc6)cc54)c4ccccc43)nc3ccccc32)cc1. The average Bonchev–Trinajstić information content (AvgIpc) is 4.15. The summed E-state index contributed by atoms with van der Waals surface area (Å²) in [6.45, 7) is 0. The molecule has 2 spiro atoms. The number of nitrogens with zero attached hydrogens (tertiary/aromatic N) is 3. The molecule has 68 heavy (non-hydrogen) atoms. The van der Waals surface area contributed by atoms with Gasteiger partial charge < -0.3 is 0 Å². The van der Waals surface area contributed by atoms with Gasteiger partial charge in [0.15, 0.2) is 11.0 Å². The number of rotatable bonds is 4. The van der Waals surface area contributed by atoms with E-state index in [9.17, 15) is 0 Å². The van der Waals surface area contributed by atoms with Gasteiger partial charge in [-0.05, 0) is 133 Å². The van der Waals surface area contributed by atoms with Crippen LogP contribution in [0.1, 0.15) is 44.5 Å². The van der Waals surface area contributed by atoms with Gasteiger partial charge >= 0.3 is 0 Å². The Bertz CT molecular complexity index is 3730. The molecule has 12 aromatic rings. The summed E-state index contributed by atoms with van der Waals surface area (Å²) in [6, 6.07) is 89.8. The zero-order valence-electron chi connectivity index (χ0n) is 36.9. The molecule has 0 saturated heterocycles. The van der Waals surface area contributed by atoms with Gasteiger partial charge in [0.1, 0.15) is 11.5 Å². The second-order valence-electron chi connectivity index (χ2n) is 18.5. The largest absolute Gasteiger partial charge is 0.292 e. The highest BCUT2D eigenvalue weighted by molar-refractivity contribution is 5.95. The lowest BCUT2D eigenvalue weighted by Crippen LogP contribution is -2.43. The molecule has 0 radical (unpaired) electrons. The van der Waals surface area contributed by atoms with E-state index in [2.05, 4.69) is 257 Å². The Kier molecular flexibility index (Phi) is 7.60. The highest BCUT2D eigenvalue weighted by atomic mass is 15.1. The van der Waals surface area contributed by atoms with E-state index in [1.807, 2.05) is 0 Å². The molecule has 1 N–H and O–H groups in total. The quantitative estimate of drug-likeness (QED) is 0.176. The summed E-state index contributed by atoms with van der Waals surface area (Å²) < 4.78 is 4.70. The van der Waals surface area contributed by atoms with Crippen molar-refractivity contribution in [2.75, 3.05) is 0 Å². The van der Waals surface area contributed by atoms with Crippen molar-refractivity contribution in [2.45, 2.75) is 10.8 Å². The van der Waals surface area contributed by atoms with Gasteiger partial charge in [-0.2, -0.15) is 4.57 Å². The Labute approximate surface area is 393 Å². The summed E-state index contributed by atoms with van der Waals surface area (Å²) in [7, 11) is 0. The van der Waals surface area contributed by atoms with Crippen molar-refractivity contribution < 1.29 is 4.57 Å². The fraction of sp³-hybridized carbons (Fsp3) is 0.0312. The van der Waals surface area contributed by atoms with E-state index in [4.69, 9.17) is 4.98 Å². The minimum atomic E-state index is -0.632. The molecule has 4 nitrogen and oxygen atoms in total. The molecule has 0 unspecified atom stereocenters. The number of hydrogen-bond donors (Lipinski definition) is 1. The maximum Gasteiger partial charge on any atom is 0.292 e. The third kappa shape index (κ3) is 4.73. The van der Waals surface area contributed by atoms with Crippen molar-refractivity contribution in [2.24, 2.45) is 0 Å². The molecule has 316 valence electrons. The van der Waals surface area contributed by atoms with E-state index in [0.29, 0.717) is 0 Å². The highest BCUT2D eigenvalue weighted by Crippen LogP contribution is 2.67. The van der Waals surface area contributed by atoms with Crippen molar-refractivity contribution in [1.29, 1.82) is 0 Å². The van der Waals surface area contributed by atoms with Crippen LogP contribution >= 0.6 is 0 Å². The standard InChI is InChI=1S/C64H40N4/c1-3-19-43(20-4-1)67-59-33-17-15-31-57(59)65-61(67)41-35-37-47-45-23-7-9-25-49(45)63(55(47)39-41)51-27-11-13-29-53(51)64(54-30-14-12-28-52(54)63)50-26-10-8-24-46(50)48-38-36-42(40-56(48)64)62-66-58-32-16-18-34-60(58)68(62)44-21-5-2-6-22-44/h1-40H/p+1. The molecule has 0 fully saturated rings. The molecule has 0 aliphatic heterocycles. The van der Waals surface area contributed by atoms with Gasteiger partial charge in [-0.25, -0.2) is 9.97 Å². The van der Waals surface area contributed by atoms with Crippen LogP contribution < -0.4 is 4.57 Å². The van der Waals surface area contributed by atoms with Crippen LogP contribution in [0, 0.1) is 0 Å². The molecule has 3 aliphatic carbocycles. The number of imidazole rings is 2. The number of H-pyrrole nitrogens is 1. The van der Waals surface area contributed by atoms with E-state index in [-0.39, 0.29) is 0 Å². The first-order valence-electron chi connectivity index (χ1n) is 23.6. The summed E-state index contributed by atoms with van der Waals surface area (Å²) in [6.07, 6.45) is 0. The fourth-order valence-electron chi connectivity index (χ4n) is 12.8. The maximum atomic E-state index is 5.40. The Morgan fingerprint density at radius 1 is 0.382 bits per heavy atom. The van der Waals surface area contributed by atoms with Crippen LogP contribution in [0.15, 0.2) is 243 Å². The van der Waals surface area contributed by atoms with E-state index in [1.165, 1.54) is 66.8 Å². The minimum absolute atomic E-state index is 0.624. The third-order valence-corrected chi connectivity index (χ3v) is 15.3. The monoisotopic (exact) mass is 865 g/mol. The molecular formula is C64H41N4+. The first-order valence-corrected chi connectivity index (χ1v) is 23.6. The molecular weight excluding hydrogens is 825 g/mol. The zero-order valence-corrected chi connectivity index (χ0v) is 36.9. The molecule has 0 amide bonds. The number of aromatic nitrogens is 4. The number of aromatic amines is 1. The van der Waals surface area contributed by atoms with E-state index < -0.39 is 10.8 Å². The second-order valence-corrected chi connectivity index (χ2v) is 18.5. The summed E-state index contributed by atoms with van der Waals surface area (Å²) >= 11 is 0. The van der Waals surface area contributed by atoms with Crippen molar-refractivity contribution in [1.82, 2.24) is 14.5 Å². The van der Waals surface area contributed by atoms with Crippen LogP contribution in [0.4, 0.5) is 0 Å². The Morgan fingerprint density at radius 3 is 1.49 bits per heavy atom. The molecule has 10 aromatic carbocycles. The lowest BCUT2D eigenvalue weighted by atomic mass is 9.52. The Hall–Kier alpha value is -8.86. The molecule has 0 bridgehead atoms. The van der Waals surface area contributed by atoms with Gasteiger partial charge in [0.2, 0.25) is 0 Å². The normalized spacial score (nSPS) is 16.9. The lowest BCUT2D eigenvalue weighted by molar-refractivity contribution is -0.554. The number of benzene rings is 10. The molecule has 0 atom stereocenters. The van der Waals surface area contributed by atoms with E-state index in [1.54, 1.807) is 0 Å². The third-order valence-electron chi connectivity index (χ3n) is 15.3. The summed E-state index contributed by atoms with van der Waals surface area (Å²) in [5, 5.41) is 0.